The van der Waals surface area contributed by atoms with E-state index in [-0.39, 0.29) is 29.7 Å². The molecule has 6 nitrogen and oxygen atoms in total. The van der Waals surface area contributed by atoms with Crippen molar-refractivity contribution >= 4 is 11.8 Å². The smallest absolute Gasteiger partial charge is 0.260 e. The number of ether oxygens (including phenoxy) is 1. The number of amides is 2. The van der Waals surface area contributed by atoms with Crippen molar-refractivity contribution in [1.82, 2.24) is 9.80 Å². The molecule has 142 valence electrons. The molecule has 1 aliphatic rings. The molecule has 27 heavy (non-hydrogen) atoms. The second-order valence-corrected chi connectivity index (χ2v) is 6.68. The van der Waals surface area contributed by atoms with Crippen LogP contribution in [0.15, 0.2) is 42.5 Å². The molecule has 2 amide bonds. The van der Waals surface area contributed by atoms with E-state index in [4.69, 9.17) is 4.74 Å². The summed E-state index contributed by atoms with van der Waals surface area (Å²) in [6.45, 7) is 5.73. The van der Waals surface area contributed by atoms with Gasteiger partial charge in [-0.05, 0) is 43.2 Å². The second kappa shape index (κ2) is 8.12. The van der Waals surface area contributed by atoms with E-state index < -0.39 is 0 Å². The zero-order valence-electron chi connectivity index (χ0n) is 15.6. The molecule has 1 aliphatic heterocycles. The molecule has 2 aromatic carbocycles. The molecule has 0 unspecified atom stereocenters. The highest BCUT2D eigenvalue weighted by atomic mass is 16.5. The lowest BCUT2D eigenvalue weighted by Gasteiger charge is -2.34. The van der Waals surface area contributed by atoms with Crippen LogP contribution in [0.3, 0.4) is 0 Å². The van der Waals surface area contributed by atoms with E-state index in [0.717, 1.165) is 16.9 Å². The van der Waals surface area contributed by atoms with Gasteiger partial charge in [0.1, 0.15) is 11.5 Å². The minimum absolute atomic E-state index is 0.0162. The van der Waals surface area contributed by atoms with Gasteiger partial charge in [0.05, 0.1) is 5.56 Å². The molecule has 1 fully saturated rings. The summed E-state index contributed by atoms with van der Waals surface area (Å²) < 4.78 is 5.69. The lowest BCUT2D eigenvalue weighted by atomic mass is 10.1. The summed E-state index contributed by atoms with van der Waals surface area (Å²) in [7, 11) is 0. The minimum atomic E-state index is -0.216. The molecule has 0 atom stereocenters. The maximum atomic E-state index is 12.5. The van der Waals surface area contributed by atoms with Gasteiger partial charge in [-0.2, -0.15) is 0 Å². The lowest BCUT2D eigenvalue weighted by Crippen LogP contribution is -2.51. The number of carbonyl (C=O) groups is 2. The molecule has 3 rings (SSSR count). The molecule has 1 heterocycles. The van der Waals surface area contributed by atoms with Crippen LogP contribution in [0.1, 0.15) is 21.5 Å². The monoisotopic (exact) mass is 368 g/mol. The van der Waals surface area contributed by atoms with Gasteiger partial charge >= 0.3 is 0 Å². The Labute approximate surface area is 159 Å². The Kier molecular flexibility index (Phi) is 5.64. The first-order valence-corrected chi connectivity index (χ1v) is 9.01. The van der Waals surface area contributed by atoms with E-state index in [2.05, 4.69) is 0 Å². The van der Waals surface area contributed by atoms with E-state index in [1.807, 2.05) is 32.0 Å². The summed E-state index contributed by atoms with van der Waals surface area (Å²) in [4.78, 5) is 28.3. The fraction of sp³-hybridized carbons (Fsp3) is 0.333. The summed E-state index contributed by atoms with van der Waals surface area (Å²) in [5.41, 5.74) is 2.44. The van der Waals surface area contributed by atoms with Crippen LogP contribution in [0.25, 0.3) is 0 Å². The highest BCUT2D eigenvalue weighted by Crippen LogP contribution is 2.21. The number of para-hydroxylation sites is 1. The van der Waals surface area contributed by atoms with Crippen molar-refractivity contribution in [3.05, 3.63) is 59.2 Å². The van der Waals surface area contributed by atoms with Gasteiger partial charge in [-0.1, -0.05) is 24.3 Å². The van der Waals surface area contributed by atoms with E-state index in [0.29, 0.717) is 26.2 Å². The van der Waals surface area contributed by atoms with Gasteiger partial charge in [0.15, 0.2) is 6.61 Å². The van der Waals surface area contributed by atoms with Gasteiger partial charge in [-0.15, -0.1) is 0 Å². The van der Waals surface area contributed by atoms with Crippen LogP contribution in [-0.2, 0) is 4.79 Å². The summed E-state index contributed by atoms with van der Waals surface area (Å²) in [6.07, 6.45) is 0. The van der Waals surface area contributed by atoms with Crippen molar-refractivity contribution in [2.24, 2.45) is 0 Å². The Morgan fingerprint density at radius 2 is 1.63 bits per heavy atom. The zero-order valence-corrected chi connectivity index (χ0v) is 15.6. The maximum absolute atomic E-state index is 12.5. The van der Waals surface area contributed by atoms with Crippen molar-refractivity contribution in [3.8, 4) is 11.5 Å². The topological polar surface area (TPSA) is 70.1 Å². The normalized spacial score (nSPS) is 14.1. The summed E-state index contributed by atoms with van der Waals surface area (Å²) >= 11 is 0. The average Bonchev–Trinajstić information content (AvgIpc) is 2.69. The number of benzene rings is 2. The van der Waals surface area contributed by atoms with Crippen LogP contribution in [0, 0.1) is 13.8 Å². The summed E-state index contributed by atoms with van der Waals surface area (Å²) in [5.74, 6) is 0.386. The molecule has 0 aliphatic carbocycles. The number of carbonyl (C=O) groups excluding carboxylic acids is 2. The van der Waals surface area contributed by atoms with Gasteiger partial charge in [-0.3, -0.25) is 9.59 Å². The van der Waals surface area contributed by atoms with E-state index in [1.54, 1.807) is 28.0 Å². The van der Waals surface area contributed by atoms with Crippen molar-refractivity contribution < 1.29 is 19.4 Å². The summed E-state index contributed by atoms with van der Waals surface area (Å²) in [6, 6.07) is 12.3. The number of hydrogen-bond acceptors (Lipinski definition) is 4. The number of nitrogens with zero attached hydrogens (tertiary/aromatic N) is 2. The predicted octanol–water partition coefficient (Wildman–Crippen LogP) is 2.37. The highest BCUT2D eigenvalue weighted by Gasteiger charge is 2.26. The minimum Gasteiger partial charge on any atom is -0.507 e. The Bertz CT molecular complexity index is 842. The Morgan fingerprint density at radius 1 is 0.963 bits per heavy atom. The molecule has 6 heteroatoms. The molecule has 0 radical (unpaired) electrons. The number of aromatic hydroxyl groups is 1. The molecule has 2 aromatic rings. The number of phenolic OH excluding ortho intramolecular Hbond substituents is 1. The number of aryl methyl sites for hydroxylation is 1. The first-order valence-electron chi connectivity index (χ1n) is 9.01. The fourth-order valence-corrected chi connectivity index (χ4v) is 3.10. The van der Waals surface area contributed by atoms with Crippen molar-refractivity contribution in [3.63, 3.8) is 0 Å². The van der Waals surface area contributed by atoms with Crippen molar-refractivity contribution in [2.75, 3.05) is 32.8 Å². The fourth-order valence-electron chi connectivity index (χ4n) is 3.10. The quantitative estimate of drug-likeness (QED) is 0.900. The summed E-state index contributed by atoms with van der Waals surface area (Å²) in [5, 5.41) is 9.84. The standard InChI is InChI=1S/C21H24N2O4/c1-15-6-5-9-19(16(15)2)27-14-20(25)22-10-12-23(13-11-22)21(26)17-7-3-4-8-18(17)24/h3-9,24H,10-14H2,1-2H3. The van der Waals surface area contributed by atoms with Gasteiger partial charge in [0, 0.05) is 26.2 Å². The largest absolute Gasteiger partial charge is 0.507 e. The number of phenols is 1. The number of hydrogen-bond donors (Lipinski definition) is 1. The molecular weight excluding hydrogens is 344 g/mol. The highest BCUT2D eigenvalue weighted by molar-refractivity contribution is 5.97. The molecule has 0 saturated carbocycles. The third-order valence-corrected chi connectivity index (χ3v) is 4.96. The van der Waals surface area contributed by atoms with Crippen LogP contribution < -0.4 is 4.74 Å². The number of rotatable bonds is 4. The van der Waals surface area contributed by atoms with Crippen LogP contribution in [0.4, 0.5) is 0 Å². The second-order valence-electron chi connectivity index (χ2n) is 6.68. The van der Waals surface area contributed by atoms with Crippen molar-refractivity contribution in [1.29, 1.82) is 0 Å². The van der Waals surface area contributed by atoms with E-state index in [9.17, 15) is 14.7 Å². The predicted molar refractivity (Wildman–Crippen MR) is 102 cm³/mol. The Hall–Kier alpha value is -3.02. The zero-order chi connectivity index (χ0) is 19.4. The van der Waals surface area contributed by atoms with Crippen molar-refractivity contribution in [2.45, 2.75) is 13.8 Å². The molecule has 0 bridgehead atoms. The van der Waals surface area contributed by atoms with Crippen LogP contribution in [0.2, 0.25) is 0 Å². The average molecular weight is 368 g/mol. The molecule has 1 N–H and O–H groups in total. The third kappa shape index (κ3) is 4.22. The lowest BCUT2D eigenvalue weighted by molar-refractivity contribution is -0.134. The van der Waals surface area contributed by atoms with Crippen LogP contribution >= 0.6 is 0 Å². The van der Waals surface area contributed by atoms with Gasteiger partial charge < -0.3 is 19.6 Å². The first-order chi connectivity index (χ1) is 13.0. The van der Waals surface area contributed by atoms with Gasteiger partial charge in [-0.25, -0.2) is 0 Å². The Morgan fingerprint density at radius 3 is 2.33 bits per heavy atom. The molecular formula is C21H24N2O4. The number of piperazine rings is 1. The SMILES string of the molecule is Cc1cccc(OCC(=O)N2CCN(C(=O)c3ccccc3O)CC2)c1C. The van der Waals surface area contributed by atoms with Crippen LogP contribution in [0.5, 0.6) is 11.5 Å². The molecule has 0 spiro atoms. The molecule has 1 saturated heterocycles. The maximum Gasteiger partial charge on any atom is 0.260 e. The van der Waals surface area contributed by atoms with Gasteiger partial charge in [0.2, 0.25) is 0 Å². The van der Waals surface area contributed by atoms with Gasteiger partial charge in [0.25, 0.3) is 11.8 Å². The van der Waals surface area contributed by atoms with E-state index >= 15 is 0 Å². The third-order valence-electron chi connectivity index (χ3n) is 4.96. The first kappa shape index (κ1) is 18.8. The Balaban J connectivity index is 1.53. The molecule has 0 aromatic heterocycles. The van der Waals surface area contributed by atoms with Crippen LogP contribution in [-0.4, -0.2) is 59.5 Å². The van der Waals surface area contributed by atoms with E-state index in [1.165, 1.54) is 6.07 Å².